The molecule has 0 fully saturated rings. The van der Waals surface area contributed by atoms with Gasteiger partial charge in [-0.3, -0.25) is 4.79 Å². The Morgan fingerprint density at radius 1 is 1.16 bits per heavy atom. The van der Waals surface area contributed by atoms with Crippen LogP contribution >= 0.6 is 0 Å². The van der Waals surface area contributed by atoms with Crippen LogP contribution in [-0.4, -0.2) is 22.1 Å². The SMILES string of the molecule is CCOc1ccc(C(C)NC(=O)c2ccc(-n3ccnc3)cc2)cc1. The summed E-state index contributed by atoms with van der Waals surface area (Å²) in [5.41, 5.74) is 2.63. The topological polar surface area (TPSA) is 56.1 Å². The van der Waals surface area contributed by atoms with Crippen molar-refractivity contribution in [3.8, 4) is 11.4 Å². The molecule has 0 bridgehead atoms. The van der Waals surface area contributed by atoms with Crippen molar-refractivity contribution in [1.82, 2.24) is 14.9 Å². The molecule has 1 atom stereocenters. The normalized spacial score (nSPS) is 11.8. The highest BCUT2D eigenvalue weighted by Crippen LogP contribution is 2.18. The number of imidazole rings is 1. The number of carbonyl (C=O) groups excluding carboxylic acids is 1. The smallest absolute Gasteiger partial charge is 0.251 e. The molecule has 1 heterocycles. The molecule has 3 aromatic rings. The van der Waals surface area contributed by atoms with Crippen molar-refractivity contribution in [2.24, 2.45) is 0 Å². The zero-order valence-corrected chi connectivity index (χ0v) is 14.3. The van der Waals surface area contributed by atoms with Gasteiger partial charge in [0.15, 0.2) is 0 Å². The van der Waals surface area contributed by atoms with E-state index in [1.54, 1.807) is 12.5 Å². The largest absolute Gasteiger partial charge is 0.494 e. The Morgan fingerprint density at radius 3 is 2.48 bits per heavy atom. The van der Waals surface area contributed by atoms with Gasteiger partial charge in [-0.15, -0.1) is 0 Å². The number of aromatic nitrogens is 2. The van der Waals surface area contributed by atoms with Gasteiger partial charge in [-0.25, -0.2) is 4.98 Å². The van der Waals surface area contributed by atoms with E-state index in [4.69, 9.17) is 4.74 Å². The average molecular weight is 335 g/mol. The molecule has 0 radical (unpaired) electrons. The van der Waals surface area contributed by atoms with Crippen LogP contribution < -0.4 is 10.1 Å². The Bertz CT molecular complexity index is 809. The second-order valence-electron chi connectivity index (χ2n) is 5.71. The highest BCUT2D eigenvalue weighted by molar-refractivity contribution is 5.94. The lowest BCUT2D eigenvalue weighted by Crippen LogP contribution is -2.26. The van der Waals surface area contributed by atoms with Crippen LogP contribution in [0, 0.1) is 0 Å². The van der Waals surface area contributed by atoms with Crippen molar-refractivity contribution in [2.45, 2.75) is 19.9 Å². The van der Waals surface area contributed by atoms with Gasteiger partial charge in [0.2, 0.25) is 0 Å². The average Bonchev–Trinajstić information content (AvgIpc) is 3.17. The summed E-state index contributed by atoms with van der Waals surface area (Å²) in [6.45, 7) is 4.56. The van der Waals surface area contributed by atoms with E-state index in [1.165, 1.54) is 0 Å². The van der Waals surface area contributed by atoms with Crippen molar-refractivity contribution in [2.75, 3.05) is 6.61 Å². The number of nitrogens with zero attached hydrogens (tertiary/aromatic N) is 2. The first kappa shape index (κ1) is 16.8. The van der Waals surface area contributed by atoms with Gasteiger partial charge < -0.3 is 14.6 Å². The third-order valence-electron chi connectivity index (χ3n) is 3.97. The monoisotopic (exact) mass is 335 g/mol. The van der Waals surface area contributed by atoms with Crippen molar-refractivity contribution < 1.29 is 9.53 Å². The number of benzene rings is 2. The minimum atomic E-state index is -0.0986. The molecule has 0 aliphatic carbocycles. The molecule has 0 saturated carbocycles. The third-order valence-corrected chi connectivity index (χ3v) is 3.97. The summed E-state index contributed by atoms with van der Waals surface area (Å²) >= 11 is 0. The Hall–Kier alpha value is -3.08. The molecular formula is C20H21N3O2. The van der Waals surface area contributed by atoms with E-state index in [2.05, 4.69) is 10.3 Å². The van der Waals surface area contributed by atoms with Crippen LogP contribution in [0.5, 0.6) is 5.75 Å². The molecular weight excluding hydrogens is 314 g/mol. The number of ether oxygens (including phenoxy) is 1. The maximum atomic E-state index is 12.4. The van der Waals surface area contributed by atoms with Crippen molar-refractivity contribution in [3.05, 3.63) is 78.4 Å². The summed E-state index contributed by atoms with van der Waals surface area (Å²) in [5, 5.41) is 3.02. The molecule has 2 aromatic carbocycles. The van der Waals surface area contributed by atoms with Crippen LogP contribution in [0.15, 0.2) is 67.3 Å². The van der Waals surface area contributed by atoms with Crippen LogP contribution in [0.25, 0.3) is 5.69 Å². The summed E-state index contributed by atoms with van der Waals surface area (Å²) in [4.78, 5) is 16.5. The number of amides is 1. The van der Waals surface area contributed by atoms with Crippen LogP contribution in [-0.2, 0) is 0 Å². The predicted molar refractivity (Wildman–Crippen MR) is 97.1 cm³/mol. The Kier molecular flexibility index (Phi) is 5.14. The zero-order chi connectivity index (χ0) is 17.6. The maximum Gasteiger partial charge on any atom is 0.251 e. The van der Waals surface area contributed by atoms with E-state index in [9.17, 15) is 4.79 Å². The zero-order valence-electron chi connectivity index (χ0n) is 14.3. The van der Waals surface area contributed by atoms with E-state index in [0.29, 0.717) is 12.2 Å². The Labute approximate surface area is 147 Å². The molecule has 0 aliphatic rings. The van der Waals surface area contributed by atoms with Gasteiger partial charge >= 0.3 is 0 Å². The summed E-state index contributed by atoms with van der Waals surface area (Å²) in [7, 11) is 0. The summed E-state index contributed by atoms with van der Waals surface area (Å²) in [5.74, 6) is 0.735. The van der Waals surface area contributed by atoms with Crippen LogP contribution in [0.2, 0.25) is 0 Å². The third kappa shape index (κ3) is 4.07. The highest BCUT2D eigenvalue weighted by atomic mass is 16.5. The Morgan fingerprint density at radius 2 is 1.88 bits per heavy atom. The van der Waals surface area contributed by atoms with Gasteiger partial charge in [0.1, 0.15) is 5.75 Å². The second-order valence-corrected chi connectivity index (χ2v) is 5.71. The first-order valence-corrected chi connectivity index (χ1v) is 8.29. The molecule has 5 heteroatoms. The minimum Gasteiger partial charge on any atom is -0.494 e. The first-order valence-electron chi connectivity index (χ1n) is 8.29. The lowest BCUT2D eigenvalue weighted by Gasteiger charge is -2.15. The lowest BCUT2D eigenvalue weighted by molar-refractivity contribution is 0.0940. The highest BCUT2D eigenvalue weighted by Gasteiger charge is 2.11. The predicted octanol–water partition coefficient (Wildman–Crippen LogP) is 3.76. The quantitative estimate of drug-likeness (QED) is 0.746. The number of hydrogen-bond acceptors (Lipinski definition) is 3. The molecule has 1 aromatic heterocycles. The van der Waals surface area contributed by atoms with Crippen molar-refractivity contribution in [1.29, 1.82) is 0 Å². The molecule has 3 rings (SSSR count). The second kappa shape index (κ2) is 7.66. The van der Waals surface area contributed by atoms with Gasteiger partial charge in [-0.2, -0.15) is 0 Å². The maximum absolute atomic E-state index is 12.4. The minimum absolute atomic E-state index is 0.0866. The fourth-order valence-corrected chi connectivity index (χ4v) is 2.58. The first-order chi connectivity index (χ1) is 12.2. The standard InChI is InChI=1S/C20H21N3O2/c1-3-25-19-10-6-16(7-11-19)15(2)22-20(24)17-4-8-18(9-5-17)23-13-12-21-14-23/h4-15H,3H2,1-2H3,(H,22,24). The molecule has 0 saturated heterocycles. The van der Waals surface area contributed by atoms with E-state index < -0.39 is 0 Å². The van der Waals surface area contributed by atoms with Crippen LogP contribution in [0.3, 0.4) is 0 Å². The van der Waals surface area contributed by atoms with Gasteiger partial charge in [-0.05, 0) is 55.8 Å². The molecule has 5 nitrogen and oxygen atoms in total. The van der Waals surface area contributed by atoms with Gasteiger partial charge in [0.05, 0.1) is 19.0 Å². The molecule has 0 aliphatic heterocycles. The fraction of sp³-hybridized carbons (Fsp3) is 0.200. The number of rotatable bonds is 6. The molecule has 25 heavy (non-hydrogen) atoms. The van der Waals surface area contributed by atoms with Gasteiger partial charge in [0.25, 0.3) is 5.91 Å². The summed E-state index contributed by atoms with van der Waals surface area (Å²) in [6, 6.07) is 15.1. The lowest BCUT2D eigenvalue weighted by atomic mass is 10.1. The number of carbonyl (C=O) groups is 1. The molecule has 1 unspecified atom stereocenters. The molecule has 1 N–H and O–H groups in total. The van der Waals surface area contributed by atoms with Crippen LogP contribution in [0.1, 0.15) is 35.8 Å². The fourth-order valence-electron chi connectivity index (χ4n) is 2.58. The molecule has 128 valence electrons. The van der Waals surface area contributed by atoms with E-state index >= 15 is 0 Å². The van der Waals surface area contributed by atoms with E-state index in [0.717, 1.165) is 17.0 Å². The van der Waals surface area contributed by atoms with Crippen LogP contribution in [0.4, 0.5) is 0 Å². The van der Waals surface area contributed by atoms with E-state index in [1.807, 2.05) is 73.1 Å². The van der Waals surface area contributed by atoms with Crippen molar-refractivity contribution in [3.63, 3.8) is 0 Å². The molecule has 0 spiro atoms. The number of nitrogens with one attached hydrogen (secondary N) is 1. The number of hydrogen-bond donors (Lipinski definition) is 1. The summed E-state index contributed by atoms with van der Waals surface area (Å²) < 4.78 is 7.33. The van der Waals surface area contributed by atoms with Crippen molar-refractivity contribution >= 4 is 5.91 Å². The van der Waals surface area contributed by atoms with Gasteiger partial charge in [-0.1, -0.05) is 12.1 Å². The molecule has 1 amide bonds. The summed E-state index contributed by atoms with van der Waals surface area (Å²) in [6.07, 6.45) is 5.31. The van der Waals surface area contributed by atoms with Gasteiger partial charge in [0, 0.05) is 23.6 Å². The Balaban J connectivity index is 1.64. The van der Waals surface area contributed by atoms with E-state index in [-0.39, 0.29) is 11.9 Å².